The largest absolute Gasteiger partial charge is 0.321 e. The summed E-state index contributed by atoms with van der Waals surface area (Å²) in [6.07, 6.45) is 3.40. The van der Waals surface area contributed by atoms with Crippen molar-refractivity contribution in [3.63, 3.8) is 0 Å². The van der Waals surface area contributed by atoms with Crippen molar-refractivity contribution in [3.8, 4) is 5.69 Å². The van der Waals surface area contributed by atoms with Crippen LogP contribution in [0, 0.1) is 0 Å². The fraction of sp³-hybridized carbons (Fsp3) is 0.273. The topological polar surface area (TPSA) is 84.3 Å². The van der Waals surface area contributed by atoms with Gasteiger partial charge in [-0.1, -0.05) is 18.2 Å². The molecule has 7 nitrogen and oxygen atoms in total. The first kappa shape index (κ1) is 18.9. The number of hydrogen-bond acceptors (Lipinski definition) is 4. The zero-order valence-corrected chi connectivity index (χ0v) is 17.2. The first-order valence-corrected chi connectivity index (χ1v) is 11.7. The lowest BCUT2D eigenvalue weighted by Gasteiger charge is -2.17. The zero-order chi connectivity index (χ0) is 20.7. The van der Waals surface area contributed by atoms with Crippen molar-refractivity contribution in [1.29, 1.82) is 0 Å². The molecule has 2 aromatic carbocycles. The first-order valence-electron chi connectivity index (χ1n) is 10.1. The molecule has 1 aliphatic heterocycles. The third-order valence-corrected chi connectivity index (χ3v) is 7.53. The van der Waals surface area contributed by atoms with E-state index >= 15 is 0 Å². The van der Waals surface area contributed by atoms with Crippen LogP contribution in [-0.4, -0.2) is 36.4 Å². The average Bonchev–Trinajstić information content (AvgIpc) is 3.44. The molecule has 1 N–H and O–H groups in total. The highest BCUT2D eigenvalue weighted by Crippen LogP contribution is 2.29. The summed E-state index contributed by atoms with van der Waals surface area (Å²) in [5.74, 6) is -0.0647. The third-order valence-electron chi connectivity index (χ3n) is 5.66. The quantitative estimate of drug-likeness (QED) is 0.700. The van der Waals surface area contributed by atoms with Crippen LogP contribution in [0.3, 0.4) is 0 Å². The number of nitrogens with zero attached hydrogens (tertiary/aromatic N) is 3. The van der Waals surface area contributed by atoms with Gasteiger partial charge in [0.05, 0.1) is 17.1 Å². The van der Waals surface area contributed by atoms with Gasteiger partial charge >= 0.3 is 0 Å². The van der Waals surface area contributed by atoms with Gasteiger partial charge in [0.2, 0.25) is 10.0 Å². The molecular weight excluding hydrogens is 400 g/mol. The number of rotatable bonds is 4. The van der Waals surface area contributed by atoms with Gasteiger partial charge in [0.1, 0.15) is 0 Å². The van der Waals surface area contributed by atoms with Gasteiger partial charge < -0.3 is 5.32 Å². The maximum Gasteiger partial charge on any atom is 0.276 e. The number of benzene rings is 2. The summed E-state index contributed by atoms with van der Waals surface area (Å²) >= 11 is 0. The number of para-hydroxylation sites is 1. The molecule has 0 bridgehead atoms. The Hall–Kier alpha value is -3.13. The number of carbonyl (C=O) groups excluding carboxylic acids is 1. The van der Waals surface area contributed by atoms with E-state index in [-0.39, 0.29) is 11.7 Å². The van der Waals surface area contributed by atoms with Crippen LogP contribution in [0.1, 0.15) is 34.6 Å². The molecule has 2 heterocycles. The summed E-state index contributed by atoms with van der Waals surface area (Å²) in [7, 11) is -3.22. The highest BCUT2D eigenvalue weighted by molar-refractivity contribution is 7.93. The van der Waals surface area contributed by atoms with Crippen molar-refractivity contribution in [1.82, 2.24) is 9.78 Å². The van der Waals surface area contributed by atoms with E-state index in [4.69, 9.17) is 0 Å². The van der Waals surface area contributed by atoms with Crippen LogP contribution in [0.5, 0.6) is 0 Å². The third kappa shape index (κ3) is 3.27. The van der Waals surface area contributed by atoms with E-state index < -0.39 is 10.0 Å². The number of aromatic nitrogens is 2. The maximum atomic E-state index is 13.0. The lowest BCUT2D eigenvalue weighted by Crippen LogP contribution is -2.25. The van der Waals surface area contributed by atoms with Crippen molar-refractivity contribution in [2.24, 2.45) is 0 Å². The van der Waals surface area contributed by atoms with Crippen LogP contribution < -0.4 is 9.62 Å². The van der Waals surface area contributed by atoms with E-state index in [2.05, 4.69) is 10.4 Å². The van der Waals surface area contributed by atoms with Gasteiger partial charge in [0, 0.05) is 23.5 Å². The second-order valence-electron chi connectivity index (χ2n) is 7.62. The molecule has 0 radical (unpaired) electrons. The smallest absolute Gasteiger partial charge is 0.276 e. The predicted octanol–water partition coefficient (Wildman–Crippen LogP) is 3.15. The Kier molecular flexibility index (Phi) is 4.58. The van der Waals surface area contributed by atoms with Crippen LogP contribution in [0.4, 0.5) is 11.4 Å². The number of carbonyl (C=O) groups is 1. The molecule has 1 amide bonds. The molecule has 3 aromatic rings. The van der Waals surface area contributed by atoms with Gasteiger partial charge in [-0.25, -0.2) is 13.1 Å². The van der Waals surface area contributed by atoms with Crippen LogP contribution in [0.25, 0.3) is 5.69 Å². The molecule has 1 saturated heterocycles. The van der Waals surface area contributed by atoms with Gasteiger partial charge in [-0.3, -0.25) is 9.10 Å². The molecule has 0 spiro atoms. The monoisotopic (exact) mass is 422 g/mol. The van der Waals surface area contributed by atoms with Gasteiger partial charge in [-0.15, -0.1) is 0 Å². The SMILES string of the molecule is O=C(Nc1ccc(N2CCCS2(=O)=O)cc1)c1nn(-c2ccccc2)c2c1CCC2. The van der Waals surface area contributed by atoms with E-state index in [1.165, 1.54) is 4.31 Å². The number of amides is 1. The molecule has 1 aromatic heterocycles. The van der Waals surface area contributed by atoms with Gasteiger partial charge in [0.15, 0.2) is 5.69 Å². The minimum atomic E-state index is -3.22. The molecule has 30 heavy (non-hydrogen) atoms. The average molecular weight is 423 g/mol. The molecule has 0 atom stereocenters. The van der Waals surface area contributed by atoms with Gasteiger partial charge in [0.25, 0.3) is 5.91 Å². The number of nitrogens with one attached hydrogen (secondary N) is 1. The van der Waals surface area contributed by atoms with Crippen LogP contribution in [-0.2, 0) is 22.9 Å². The van der Waals surface area contributed by atoms with Crippen molar-refractivity contribution >= 4 is 27.3 Å². The molecule has 2 aliphatic rings. The Morgan fingerprint density at radius 2 is 1.70 bits per heavy atom. The van der Waals surface area contributed by atoms with Crippen LogP contribution in [0.2, 0.25) is 0 Å². The van der Waals surface area contributed by atoms with E-state index in [0.29, 0.717) is 30.0 Å². The molecule has 154 valence electrons. The fourth-order valence-electron chi connectivity index (χ4n) is 4.23. The Bertz CT molecular complexity index is 1200. The Morgan fingerprint density at radius 1 is 0.933 bits per heavy atom. The van der Waals surface area contributed by atoms with Crippen LogP contribution in [0.15, 0.2) is 54.6 Å². The predicted molar refractivity (Wildman–Crippen MR) is 116 cm³/mol. The normalized spacial score (nSPS) is 17.1. The van der Waals surface area contributed by atoms with E-state index in [0.717, 1.165) is 36.2 Å². The second kappa shape index (κ2) is 7.28. The highest BCUT2D eigenvalue weighted by atomic mass is 32.2. The van der Waals surface area contributed by atoms with Gasteiger partial charge in [-0.05, 0) is 62.1 Å². The second-order valence-corrected chi connectivity index (χ2v) is 9.63. The fourth-order valence-corrected chi connectivity index (χ4v) is 5.80. The molecule has 5 rings (SSSR count). The maximum absolute atomic E-state index is 13.0. The van der Waals surface area contributed by atoms with E-state index in [1.807, 2.05) is 35.0 Å². The summed E-state index contributed by atoms with van der Waals surface area (Å²) in [6, 6.07) is 16.8. The first-order chi connectivity index (χ1) is 14.5. The number of hydrogen-bond donors (Lipinski definition) is 1. The molecule has 1 aliphatic carbocycles. The Morgan fingerprint density at radius 3 is 2.40 bits per heavy atom. The van der Waals surface area contributed by atoms with Crippen LogP contribution >= 0.6 is 0 Å². The summed E-state index contributed by atoms with van der Waals surface area (Å²) in [5, 5.41) is 7.52. The van der Waals surface area contributed by atoms with Crippen molar-refractivity contribution in [3.05, 3.63) is 71.5 Å². The molecule has 0 saturated carbocycles. The number of fused-ring (bicyclic) bond motifs is 1. The number of anilines is 2. The molecule has 8 heteroatoms. The molecule has 1 fully saturated rings. The van der Waals surface area contributed by atoms with Crippen molar-refractivity contribution in [2.75, 3.05) is 21.9 Å². The lowest BCUT2D eigenvalue weighted by atomic mass is 10.2. The Labute approximate surface area is 175 Å². The summed E-state index contributed by atoms with van der Waals surface area (Å²) < 4.78 is 27.5. The van der Waals surface area contributed by atoms with Crippen molar-refractivity contribution < 1.29 is 13.2 Å². The molecule has 0 unspecified atom stereocenters. The molecular formula is C22H22N4O3S. The minimum absolute atomic E-state index is 0.181. The summed E-state index contributed by atoms with van der Waals surface area (Å²) in [6.45, 7) is 0.497. The highest BCUT2D eigenvalue weighted by Gasteiger charge is 2.29. The number of sulfonamides is 1. The van der Waals surface area contributed by atoms with Gasteiger partial charge in [-0.2, -0.15) is 5.10 Å². The summed E-state index contributed by atoms with van der Waals surface area (Å²) in [5.41, 5.74) is 4.75. The summed E-state index contributed by atoms with van der Waals surface area (Å²) in [4.78, 5) is 13.0. The zero-order valence-electron chi connectivity index (χ0n) is 16.4. The Balaban J connectivity index is 1.39. The van der Waals surface area contributed by atoms with Crippen molar-refractivity contribution in [2.45, 2.75) is 25.7 Å². The van der Waals surface area contributed by atoms with E-state index in [9.17, 15) is 13.2 Å². The van der Waals surface area contributed by atoms with E-state index in [1.54, 1.807) is 24.3 Å². The standard InChI is InChI=1S/C22H22N4O3S/c27-22(23-16-10-12-17(13-11-16)25-14-5-15-30(25,28)29)21-19-8-4-9-20(19)26(24-21)18-6-2-1-3-7-18/h1-3,6-7,10-13H,4-5,8-9,14-15H2,(H,23,27). The lowest BCUT2D eigenvalue weighted by molar-refractivity contribution is 0.102. The minimum Gasteiger partial charge on any atom is -0.321 e.